The molecule has 0 saturated heterocycles. The van der Waals surface area contributed by atoms with Gasteiger partial charge in [-0.05, 0) is 36.5 Å². The number of alkyl carbamates (subject to hydrolysis) is 1. The van der Waals surface area contributed by atoms with Crippen molar-refractivity contribution in [3.8, 4) is 0 Å². The summed E-state index contributed by atoms with van der Waals surface area (Å²) < 4.78 is 10.3. The molecule has 210 valence electrons. The number of carboxylic acid groups (broad SMARTS) is 1. The van der Waals surface area contributed by atoms with Crippen molar-refractivity contribution >= 4 is 41.6 Å². The molecule has 3 atom stereocenters. The van der Waals surface area contributed by atoms with Gasteiger partial charge in [-0.25, -0.2) is 9.59 Å². The van der Waals surface area contributed by atoms with Gasteiger partial charge in [-0.2, -0.15) is 11.8 Å². The summed E-state index contributed by atoms with van der Waals surface area (Å²) in [4.78, 5) is 62.0. The lowest BCUT2D eigenvalue weighted by atomic mass is 10.1. The smallest absolute Gasteiger partial charge is 0.408 e. The molecule has 4 N–H and O–H groups in total. The Bertz CT molecular complexity index is 1100. The predicted octanol–water partition coefficient (Wildman–Crippen LogP) is 2.24. The Labute approximate surface area is 231 Å². The second-order valence-electron chi connectivity index (χ2n) is 8.52. The van der Waals surface area contributed by atoms with Gasteiger partial charge in [0, 0.05) is 0 Å². The average molecular weight is 560 g/mol. The summed E-state index contributed by atoms with van der Waals surface area (Å²) in [6.45, 7) is 1.32. The Morgan fingerprint density at radius 1 is 0.795 bits per heavy atom. The number of esters is 1. The van der Waals surface area contributed by atoms with E-state index in [0.717, 1.165) is 11.1 Å². The van der Waals surface area contributed by atoms with Gasteiger partial charge < -0.3 is 30.5 Å². The summed E-state index contributed by atoms with van der Waals surface area (Å²) in [5, 5.41) is 16.6. The predicted molar refractivity (Wildman–Crippen MR) is 145 cm³/mol. The number of amides is 3. The molecule has 0 saturated carbocycles. The summed E-state index contributed by atoms with van der Waals surface area (Å²) in [6.07, 6.45) is 0.538. The lowest BCUT2D eigenvalue weighted by molar-refractivity contribution is -0.148. The van der Waals surface area contributed by atoms with Crippen LogP contribution in [0.2, 0.25) is 0 Å². The van der Waals surface area contributed by atoms with Crippen molar-refractivity contribution < 1.29 is 38.6 Å². The number of carboxylic acids is 1. The SMILES string of the molecule is CSCC[C@@H](NC(=O)[C@H](CC(=O)OCc1ccccc1)NC(=O)[C@@H](C)NC(=O)OCc1ccccc1)C(=O)O. The molecule has 2 rings (SSSR count). The Hall–Kier alpha value is -4.06. The van der Waals surface area contributed by atoms with Crippen LogP contribution in [0.5, 0.6) is 0 Å². The molecule has 0 fully saturated rings. The Morgan fingerprint density at radius 2 is 1.33 bits per heavy atom. The van der Waals surface area contributed by atoms with Crippen molar-refractivity contribution in [2.24, 2.45) is 0 Å². The fourth-order valence-electron chi connectivity index (χ4n) is 3.24. The first-order valence-corrected chi connectivity index (χ1v) is 13.6. The van der Waals surface area contributed by atoms with Gasteiger partial charge in [0.05, 0.1) is 6.42 Å². The molecule has 0 spiro atoms. The number of hydrogen-bond donors (Lipinski definition) is 4. The Balaban J connectivity index is 2.01. The summed E-state index contributed by atoms with van der Waals surface area (Å²) in [5.41, 5.74) is 1.48. The number of ether oxygens (including phenoxy) is 2. The highest BCUT2D eigenvalue weighted by Gasteiger charge is 2.30. The van der Waals surface area contributed by atoms with Gasteiger partial charge in [0.2, 0.25) is 11.8 Å². The molecule has 2 aromatic rings. The largest absolute Gasteiger partial charge is 0.480 e. The van der Waals surface area contributed by atoms with Gasteiger partial charge in [-0.15, -0.1) is 0 Å². The monoisotopic (exact) mass is 559 g/mol. The van der Waals surface area contributed by atoms with E-state index < -0.39 is 54.4 Å². The molecule has 0 bridgehead atoms. The molecule has 0 aliphatic rings. The van der Waals surface area contributed by atoms with E-state index in [1.807, 2.05) is 12.1 Å². The maximum absolute atomic E-state index is 13.0. The maximum atomic E-state index is 13.0. The quantitative estimate of drug-likeness (QED) is 0.240. The topological polar surface area (TPSA) is 160 Å². The standard InChI is InChI=1S/C27H33N3O8S/c1-18(28-27(36)38-17-20-11-7-4-8-12-20)24(32)30-22(25(33)29-21(26(34)35)13-14-39-2)15-23(31)37-16-19-9-5-3-6-10-19/h3-12,18,21-22H,13-17H2,1-2H3,(H,28,36)(H,29,33)(H,30,32)(H,34,35)/t18-,21-,22+/m1/s1. The highest BCUT2D eigenvalue weighted by molar-refractivity contribution is 7.98. The van der Waals surface area contributed by atoms with Gasteiger partial charge in [-0.3, -0.25) is 14.4 Å². The summed E-state index contributed by atoms with van der Waals surface area (Å²) >= 11 is 1.41. The van der Waals surface area contributed by atoms with Crippen LogP contribution >= 0.6 is 11.8 Å². The third-order valence-electron chi connectivity index (χ3n) is 5.41. The van der Waals surface area contributed by atoms with Crippen molar-refractivity contribution in [2.75, 3.05) is 12.0 Å². The van der Waals surface area contributed by atoms with Crippen molar-refractivity contribution in [3.63, 3.8) is 0 Å². The van der Waals surface area contributed by atoms with Gasteiger partial charge in [0.25, 0.3) is 0 Å². The molecule has 3 amide bonds. The van der Waals surface area contributed by atoms with Gasteiger partial charge in [-0.1, -0.05) is 60.7 Å². The number of carbonyl (C=O) groups is 5. The molecular weight excluding hydrogens is 526 g/mol. The van der Waals surface area contributed by atoms with E-state index in [2.05, 4.69) is 16.0 Å². The van der Waals surface area contributed by atoms with Crippen LogP contribution < -0.4 is 16.0 Å². The van der Waals surface area contributed by atoms with Gasteiger partial charge in [0.15, 0.2) is 0 Å². The molecule has 2 aromatic carbocycles. The number of thioether (sulfide) groups is 1. The summed E-state index contributed by atoms with van der Waals surface area (Å²) in [5.74, 6) is -3.20. The fraction of sp³-hybridized carbons (Fsp3) is 0.370. The van der Waals surface area contributed by atoms with Crippen molar-refractivity contribution in [3.05, 3.63) is 71.8 Å². The van der Waals surface area contributed by atoms with Gasteiger partial charge in [0.1, 0.15) is 31.3 Å². The lowest BCUT2D eigenvalue weighted by Crippen LogP contribution is -2.55. The van der Waals surface area contributed by atoms with Crippen LogP contribution in [0.25, 0.3) is 0 Å². The van der Waals surface area contributed by atoms with E-state index in [1.165, 1.54) is 18.7 Å². The number of rotatable bonds is 15. The molecule has 39 heavy (non-hydrogen) atoms. The zero-order valence-electron chi connectivity index (χ0n) is 21.8. The molecule has 0 unspecified atom stereocenters. The van der Waals surface area contributed by atoms with Crippen molar-refractivity contribution in [1.82, 2.24) is 16.0 Å². The lowest BCUT2D eigenvalue weighted by Gasteiger charge is -2.22. The van der Waals surface area contributed by atoms with Crippen molar-refractivity contribution in [1.29, 1.82) is 0 Å². The van der Waals surface area contributed by atoms with E-state index in [9.17, 15) is 29.1 Å². The number of hydrogen-bond acceptors (Lipinski definition) is 8. The van der Waals surface area contributed by atoms with Crippen LogP contribution in [-0.2, 0) is 41.9 Å². The number of benzene rings is 2. The zero-order valence-corrected chi connectivity index (χ0v) is 22.6. The minimum absolute atomic E-state index is 0.00802. The van der Waals surface area contributed by atoms with Crippen LogP contribution in [0, 0.1) is 0 Å². The third kappa shape index (κ3) is 11.9. The van der Waals surface area contributed by atoms with E-state index in [4.69, 9.17) is 9.47 Å². The first kappa shape index (κ1) is 31.2. The molecule has 12 heteroatoms. The Kier molecular flexibility index (Phi) is 13.4. The first-order chi connectivity index (χ1) is 18.7. The van der Waals surface area contributed by atoms with E-state index in [-0.39, 0.29) is 19.6 Å². The molecule has 0 aliphatic carbocycles. The second-order valence-corrected chi connectivity index (χ2v) is 9.51. The number of nitrogens with one attached hydrogen (secondary N) is 3. The van der Waals surface area contributed by atoms with Crippen LogP contribution in [0.4, 0.5) is 4.79 Å². The highest BCUT2D eigenvalue weighted by atomic mass is 32.2. The minimum Gasteiger partial charge on any atom is -0.480 e. The minimum atomic E-state index is -1.44. The van der Waals surface area contributed by atoms with E-state index >= 15 is 0 Å². The molecule has 11 nitrogen and oxygen atoms in total. The van der Waals surface area contributed by atoms with Crippen LogP contribution in [-0.4, -0.2) is 65.1 Å². The average Bonchev–Trinajstić information content (AvgIpc) is 2.93. The zero-order chi connectivity index (χ0) is 28.6. The maximum Gasteiger partial charge on any atom is 0.408 e. The molecular formula is C27H33N3O8S. The highest BCUT2D eigenvalue weighted by Crippen LogP contribution is 2.07. The van der Waals surface area contributed by atoms with E-state index in [0.29, 0.717) is 5.75 Å². The molecule has 0 radical (unpaired) electrons. The fourth-order valence-corrected chi connectivity index (χ4v) is 3.71. The third-order valence-corrected chi connectivity index (χ3v) is 6.06. The second kappa shape index (κ2) is 16.7. The summed E-state index contributed by atoms with van der Waals surface area (Å²) in [7, 11) is 0. The molecule has 0 aliphatic heterocycles. The van der Waals surface area contributed by atoms with Crippen LogP contribution in [0.1, 0.15) is 30.9 Å². The number of carbonyl (C=O) groups excluding carboxylic acids is 4. The summed E-state index contributed by atoms with van der Waals surface area (Å²) in [6, 6.07) is 14.0. The molecule has 0 aromatic heterocycles. The number of aliphatic carboxylic acids is 1. The normalized spacial score (nSPS) is 12.8. The van der Waals surface area contributed by atoms with Crippen molar-refractivity contribution in [2.45, 2.75) is 51.1 Å². The first-order valence-electron chi connectivity index (χ1n) is 12.2. The Morgan fingerprint density at radius 3 is 1.87 bits per heavy atom. The van der Waals surface area contributed by atoms with Crippen LogP contribution in [0.3, 0.4) is 0 Å². The van der Waals surface area contributed by atoms with Crippen LogP contribution in [0.15, 0.2) is 60.7 Å². The van der Waals surface area contributed by atoms with Gasteiger partial charge >= 0.3 is 18.0 Å². The molecule has 0 heterocycles. The van der Waals surface area contributed by atoms with E-state index in [1.54, 1.807) is 54.8 Å².